The summed E-state index contributed by atoms with van der Waals surface area (Å²) < 4.78 is 43.3. The van der Waals surface area contributed by atoms with E-state index in [0.717, 1.165) is 22.3 Å². The number of rotatable bonds is 7. The van der Waals surface area contributed by atoms with Gasteiger partial charge in [-0.3, -0.25) is 0 Å². The first-order valence-corrected chi connectivity index (χ1v) is 9.41. The molecule has 0 aliphatic rings. The van der Waals surface area contributed by atoms with E-state index in [-0.39, 0.29) is 41.6 Å². The lowest BCUT2D eigenvalue weighted by Gasteiger charge is -2.18. The van der Waals surface area contributed by atoms with E-state index >= 15 is 0 Å². The van der Waals surface area contributed by atoms with Crippen molar-refractivity contribution in [2.45, 2.75) is 25.7 Å². The smallest absolute Gasteiger partial charge is 0.375 e. The van der Waals surface area contributed by atoms with E-state index in [1.165, 1.54) is 0 Å². The standard InChI is InChI=1S/C17H20ClF3N4OS.HI/c1-3-22-16(24-9-15-25-14(10-27-15)17(19,20)21)23-8-13(26-2)11-5-4-6-12(18)7-11;/h4-7,10,13H,3,8-9H2,1-2H3,(H2,22,23,24);1H. The molecule has 0 amide bonds. The molecular weight excluding hydrogens is 528 g/mol. The molecule has 1 atom stereocenters. The van der Waals surface area contributed by atoms with Gasteiger partial charge >= 0.3 is 6.18 Å². The summed E-state index contributed by atoms with van der Waals surface area (Å²) in [6.45, 7) is 2.96. The molecule has 1 unspecified atom stereocenters. The zero-order valence-corrected chi connectivity index (χ0v) is 19.1. The molecular formula is C17H21ClF3IN4OS. The molecule has 28 heavy (non-hydrogen) atoms. The van der Waals surface area contributed by atoms with Gasteiger partial charge in [-0.15, -0.1) is 35.3 Å². The van der Waals surface area contributed by atoms with E-state index in [2.05, 4.69) is 20.6 Å². The molecule has 0 bridgehead atoms. The largest absolute Gasteiger partial charge is 0.434 e. The second-order valence-electron chi connectivity index (χ2n) is 5.48. The van der Waals surface area contributed by atoms with E-state index in [1.54, 1.807) is 13.2 Å². The van der Waals surface area contributed by atoms with Gasteiger partial charge in [-0.25, -0.2) is 9.98 Å². The van der Waals surface area contributed by atoms with Crippen LogP contribution in [0.4, 0.5) is 13.2 Å². The normalized spacial score (nSPS) is 13.0. The van der Waals surface area contributed by atoms with Gasteiger partial charge in [-0.2, -0.15) is 13.2 Å². The average molecular weight is 549 g/mol. The van der Waals surface area contributed by atoms with E-state index in [1.807, 2.05) is 25.1 Å². The number of nitrogens with zero attached hydrogens (tertiary/aromatic N) is 2. The summed E-state index contributed by atoms with van der Waals surface area (Å²) in [6, 6.07) is 7.33. The van der Waals surface area contributed by atoms with E-state index in [0.29, 0.717) is 24.1 Å². The molecule has 0 radical (unpaired) electrons. The van der Waals surface area contributed by atoms with Gasteiger partial charge in [0.05, 0.1) is 12.6 Å². The first-order valence-electron chi connectivity index (χ1n) is 8.15. The number of thiazole rings is 1. The molecule has 1 aromatic carbocycles. The van der Waals surface area contributed by atoms with Crippen molar-refractivity contribution in [2.24, 2.45) is 4.99 Å². The van der Waals surface area contributed by atoms with Crippen molar-refractivity contribution in [2.75, 3.05) is 20.2 Å². The van der Waals surface area contributed by atoms with Crippen molar-refractivity contribution in [3.63, 3.8) is 0 Å². The molecule has 11 heteroatoms. The third kappa shape index (κ3) is 7.72. The van der Waals surface area contributed by atoms with Crippen LogP contribution in [-0.2, 0) is 17.5 Å². The number of halogens is 5. The summed E-state index contributed by atoms with van der Waals surface area (Å²) in [7, 11) is 1.59. The Morgan fingerprint density at radius 2 is 2.11 bits per heavy atom. The average Bonchev–Trinajstić information content (AvgIpc) is 3.09. The molecule has 0 fully saturated rings. The maximum Gasteiger partial charge on any atom is 0.434 e. The number of nitrogens with one attached hydrogen (secondary N) is 2. The van der Waals surface area contributed by atoms with Crippen LogP contribution in [0.2, 0.25) is 5.02 Å². The van der Waals surface area contributed by atoms with Gasteiger partial charge in [0.25, 0.3) is 0 Å². The summed E-state index contributed by atoms with van der Waals surface area (Å²) in [5.74, 6) is 0.463. The zero-order valence-electron chi connectivity index (χ0n) is 15.2. The zero-order chi connectivity index (χ0) is 19.9. The molecule has 1 heterocycles. The van der Waals surface area contributed by atoms with Crippen molar-refractivity contribution in [3.05, 3.63) is 50.9 Å². The minimum atomic E-state index is -4.44. The number of aromatic nitrogens is 1. The summed E-state index contributed by atoms with van der Waals surface area (Å²) in [6.07, 6.45) is -4.70. The Morgan fingerprint density at radius 1 is 1.36 bits per heavy atom. The van der Waals surface area contributed by atoms with Crippen LogP contribution in [0, 0.1) is 0 Å². The summed E-state index contributed by atoms with van der Waals surface area (Å²) >= 11 is 6.94. The second-order valence-corrected chi connectivity index (χ2v) is 6.86. The number of alkyl halides is 3. The highest BCUT2D eigenvalue weighted by atomic mass is 127. The predicted molar refractivity (Wildman–Crippen MR) is 117 cm³/mol. The van der Waals surface area contributed by atoms with Crippen LogP contribution in [-0.4, -0.2) is 31.1 Å². The van der Waals surface area contributed by atoms with Crippen LogP contribution in [0.1, 0.15) is 29.3 Å². The number of methoxy groups -OCH3 is 1. The number of hydrogen-bond acceptors (Lipinski definition) is 4. The van der Waals surface area contributed by atoms with Crippen molar-refractivity contribution in [1.29, 1.82) is 0 Å². The Labute approximate surface area is 187 Å². The molecule has 1 aromatic heterocycles. The maximum absolute atomic E-state index is 12.6. The van der Waals surface area contributed by atoms with Gasteiger partial charge in [-0.05, 0) is 24.6 Å². The Morgan fingerprint density at radius 3 is 2.68 bits per heavy atom. The van der Waals surface area contributed by atoms with Crippen LogP contribution in [0.15, 0.2) is 34.6 Å². The fraction of sp³-hybridized carbons (Fsp3) is 0.412. The van der Waals surface area contributed by atoms with Gasteiger partial charge < -0.3 is 15.4 Å². The van der Waals surface area contributed by atoms with Gasteiger partial charge in [-0.1, -0.05) is 23.7 Å². The maximum atomic E-state index is 12.6. The molecule has 0 aliphatic carbocycles. The topological polar surface area (TPSA) is 58.5 Å². The highest BCUT2D eigenvalue weighted by Crippen LogP contribution is 2.30. The highest BCUT2D eigenvalue weighted by molar-refractivity contribution is 14.0. The molecule has 0 spiro atoms. The molecule has 0 saturated heterocycles. The second kappa shape index (κ2) is 11.8. The van der Waals surface area contributed by atoms with E-state index in [4.69, 9.17) is 16.3 Å². The lowest BCUT2D eigenvalue weighted by Crippen LogP contribution is -2.39. The summed E-state index contributed by atoms with van der Waals surface area (Å²) in [5, 5.41) is 8.06. The van der Waals surface area contributed by atoms with Gasteiger partial charge in [0.15, 0.2) is 11.7 Å². The van der Waals surface area contributed by atoms with Crippen molar-refractivity contribution >= 4 is 52.9 Å². The molecule has 0 saturated carbocycles. The number of ether oxygens (including phenoxy) is 1. The first kappa shape index (κ1) is 24.9. The van der Waals surface area contributed by atoms with E-state index < -0.39 is 11.9 Å². The molecule has 2 N–H and O–H groups in total. The Bertz CT molecular complexity index is 773. The minimum Gasteiger partial charge on any atom is -0.375 e. The fourth-order valence-electron chi connectivity index (χ4n) is 2.24. The molecule has 2 aromatic rings. The quantitative estimate of drug-likeness (QED) is 0.294. The van der Waals surface area contributed by atoms with Crippen LogP contribution >= 0.6 is 46.9 Å². The van der Waals surface area contributed by atoms with Crippen LogP contribution in [0.5, 0.6) is 0 Å². The number of guanidine groups is 1. The van der Waals surface area contributed by atoms with Gasteiger partial charge in [0, 0.05) is 30.6 Å². The number of benzene rings is 1. The van der Waals surface area contributed by atoms with E-state index in [9.17, 15) is 13.2 Å². The predicted octanol–water partition coefficient (Wildman–Crippen LogP) is 4.88. The minimum absolute atomic E-state index is 0. The number of hydrogen-bond donors (Lipinski definition) is 2. The van der Waals surface area contributed by atoms with Crippen LogP contribution in [0.25, 0.3) is 0 Å². The van der Waals surface area contributed by atoms with Crippen molar-refractivity contribution in [1.82, 2.24) is 15.6 Å². The lowest BCUT2D eigenvalue weighted by molar-refractivity contribution is -0.140. The summed E-state index contributed by atoms with van der Waals surface area (Å²) in [5.41, 5.74) is 0.0131. The fourth-order valence-corrected chi connectivity index (χ4v) is 3.16. The molecule has 2 rings (SSSR count). The SMILES string of the molecule is CCNC(=NCc1nc(C(F)(F)F)cs1)NCC(OC)c1cccc(Cl)c1.I. The van der Waals surface area contributed by atoms with Crippen LogP contribution < -0.4 is 10.6 Å². The van der Waals surface area contributed by atoms with Gasteiger partial charge in [0.2, 0.25) is 0 Å². The molecule has 156 valence electrons. The van der Waals surface area contributed by atoms with Crippen LogP contribution in [0.3, 0.4) is 0 Å². The van der Waals surface area contributed by atoms with Crippen molar-refractivity contribution < 1.29 is 17.9 Å². The monoisotopic (exact) mass is 548 g/mol. The Kier molecular flexibility index (Phi) is 10.5. The first-order chi connectivity index (χ1) is 12.8. The lowest BCUT2D eigenvalue weighted by atomic mass is 10.1. The Balaban J connectivity index is 0.00000392. The number of aliphatic imine (C=N–C) groups is 1. The third-order valence-corrected chi connectivity index (χ3v) is 4.59. The highest BCUT2D eigenvalue weighted by Gasteiger charge is 2.33. The van der Waals surface area contributed by atoms with Crippen molar-refractivity contribution in [3.8, 4) is 0 Å². The van der Waals surface area contributed by atoms with Gasteiger partial charge in [0.1, 0.15) is 5.01 Å². The Hall–Kier alpha value is -1.11. The third-order valence-electron chi connectivity index (χ3n) is 3.52. The summed E-state index contributed by atoms with van der Waals surface area (Å²) in [4.78, 5) is 7.86. The molecule has 0 aliphatic heterocycles. The molecule has 5 nitrogen and oxygen atoms in total.